The molecule has 0 atom stereocenters. The van der Waals surface area contributed by atoms with Crippen LogP contribution >= 0.6 is 11.6 Å². The molecule has 0 saturated heterocycles. The first-order valence-corrected chi connectivity index (χ1v) is 5.32. The molecule has 0 radical (unpaired) electrons. The first kappa shape index (κ1) is 13.5. The molecule has 0 spiro atoms. The number of aromatic carboxylic acids is 1. The molecule has 1 rings (SSSR count). The van der Waals surface area contributed by atoms with Crippen molar-refractivity contribution in [2.24, 2.45) is 0 Å². The van der Waals surface area contributed by atoms with Crippen molar-refractivity contribution in [2.75, 3.05) is 18.5 Å². The second kappa shape index (κ2) is 6.22. The molecular formula is C11H12ClNO4. The number of nitrogens with one attached hydrogen (secondary N) is 1. The molecule has 1 aromatic carbocycles. The van der Waals surface area contributed by atoms with E-state index in [4.69, 9.17) is 21.4 Å². The number of carboxylic acids is 1. The minimum absolute atomic E-state index is 0.0178. The number of carboxylic acid groups (broad SMARTS) is 1. The van der Waals surface area contributed by atoms with Crippen molar-refractivity contribution < 1.29 is 19.4 Å². The Morgan fingerprint density at radius 2 is 2.12 bits per heavy atom. The molecule has 0 saturated carbocycles. The molecule has 1 aromatic rings. The maximum atomic E-state index is 11.3. The number of anilines is 1. The van der Waals surface area contributed by atoms with Gasteiger partial charge in [-0.2, -0.15) is 0 Å². The predicted octanol–water partition coefficient (Wildman–Crippen LogP) is 2.01. The van der Waals surface area contributed by atoms with Crippen molar-refractivity contribution in [2.45, 2.75) is 6.92 Å². The molecule has 17 heavy (non-hydrogen) atoms. The highest BCUT2D eigenvalue weighted by Crippen LogP contribution is 2.19. The molecule has 5 nitrogen and oxygen atoms in total. The Morgan fingerprint density at radius 3 is 2.71 bits per heavy atom. The lowest BCUT2D eigenvalue weighted by Crippen LogP contribution is -2.18. The lowest BCUT2D eigenvalue weighted by molar-refractivity contribution is -0.120. The SMILES string of the molecule is CCOCC(=O)Nc1cc(Cl)cc(C(=O)O)c1. The van der Waals surface area contributed by atoms with Gasteiger partial charge in [0.05, 0.1) is 5.56 Å². The fourth-order valence-corrected chi connectivity index (χ4v) is 1.41. The predicted molar refractivity (Wildman–Crippen MR) is 63.5 cm³/mol. The maximum Gasteiger partial charge on any atom is 0.335 e. The van der Waals surface area contributed by atoms with E-state index < -0.39 is 5.97 Å². The summed E-state index contributed by atoms with van der Waals surface area (Å²) in [6.07, 6.45) is 0. The van der Waals surface area contributed by atoms with Gasteiger partial charge in [0.2, 0.25) is 5.91 Å². The summed E-state index contributed by atoms with van der Waals surface area (Å²) in [4.78, 5) is 22.1. The van der Waals surface area contributed by atoms with Gasteiger partial charge < -0.3 is 15.2 Å². The van der Waals surface area contributed by atoms with Crippen LogP contribution in [0.4, 0.5) is 5.69 Å². The van der Waals surface area contributed by atoms with E-state index in [0.29, 0.717) is 12.3 Å². The van der Waals surface area contributed by atoms with Crippen LogP contribution in [0.15, 0.2) is 18.2 Å². The zero-order valence-corrected chi connectivity index (χ0v) is 9.95. The Bertz CT molecular complexity index is 433. The number of carbonyl (C=O) groups is 2. The number of halogens is 1. The van der Waals surface area contributed by atoms with Gasteiger partial charge in [-0.25, -0.2) is 4.79 Å². The molecular weight excluding hydrogens is 246 g/mol. The second-order valence-corrected chi connectivity index (χ2v) is 3.66. The third-order valence-electron chi connectivity index (χ3n) is 1.87. The Labute approximate surface area is 103 Å². The van der Waals surface area contributed by atoms with E-state index in [-0.39, 0.29) is 23.1 Å². The van der Waals surface area contributed by atoms with Gasteiger partial charge in [-0.1, -0.05) is 11.6 Å². The Balaban J connectivity index is 2.77. The number of hydrogen-bond acceptors (Lipinski definition) is 3. The van der Waals surface area contributed by atoms with Crippen LogP contribution in [-0.2, 0) is 9.53 Å². The first-order valence-electron chi connectivity index (χ1n) is 4.94. The van der Waals surface area contributed by atoms with E-state index in [2.05, 4.69) is 5.32 Å². The topological polar surface area (TPSA) is 75.6 Å². The van der Waals surface area contributed by atoms with Crippen LogP contribution < -0.4 is 5.32 Å². The highest BCUT2D eigenvalue weighted by Gasteiger charge is 2.08. The number of benzene rings is 1. The van der Waals surface area contributed by atoms with E-state index in [0.717, 1.165) is 0 Å². The van der Waals surface area contributed by atoms with Gasteiger partial charge in [0.1, 0.15) is 6.61 Å². The Hall–Kier alpha value is -1.59. The summed E-state index contributed by atoms with van der Waals surface area (Å²) in [6, 6.07) is 4.11. The lowest BCUT2D eigenvalue weighted by atomic mass is 10.2. The molecule has 2 N–H and O–H groups in total. The average molecular weight is 258 g/mol. The summed E-state index contributed by atoms with van der Waals surface area (Å²) in [5, 5.41) is 11.6. The number of rotatable bonds is 5. The van der Waals surface area contributed by atoms with Crippen LogP contribution in [0.5, 0.6) is 0 Å². The van der Waals surface area contributed by atoms with Crippen molar-refractivity contribution in [3.8, 4) is 0 Å². The average Bonchev–Trinajstić information content (AvgIpc) is 2.25. The normalized spacial score (nSPS) is 10.0. The third kappa shape index (κ3) is 4.42. The molecule has 92 valence electrons. The summed E-state index contributed by atoms with van der Waals surface area (Å²) < 4.78 is 4.91. The highest BCUT2D eigenvalue weighted by atomic mass is 35.5. The summed E-state index contributed by atoms with van der Waals surface area (Å²) in [6.45, 7) is 2.13. The third-order valence-corrected chi connectivity index (χ3v) is 2.08. The molecule has 0 aromatic heterocycles. The molecule has 0 unspecified atom stereocenters. The van der Waals surface area contributed by atoms with E-state index in [1.165, 1.54) is 18.2 Å². The van der Waals surface area contributed by atoms with Crippen LogP contribution in [0.3, 0.4) is 0 Å². The quantitative estimate of drug-likeness (QED) is 0.846. The van der Waals surface area contributed by atoms with Gasteiger partial charge in [-0.05, 0) is 25.1 Å². The van der Waals surface area contributed by atoms with Crippen LogP contribution in [-0.4, -0.2) is 30.2 Å². The minimum Gasteiger partial charge on any atom is -0.478 e. The van der Waals surface area contributed by atoms with Crippen LogP contribution in [0.1, 0.15) is 17.3 Å². The fourth-order valence-electron chi connectivity index (χ4n) is 1.18. The maximum absolute atomic E-state index is 11.3. The number of amides is 1. The lowest BCUT2D eigenvalue weighted by Gasteiger charge is -2.06. The Kier molecular flexibility index (Phi) is 4.93. The van der Waals surface area contributed by atoms with Gasteiger partial charge in [0.25, 0.3) is 0 Å². The smallest absolute Gasteiger partial charge is 0.335 e. The van der Waals surface area contributed by atoms with E-state index in [9.17, 15) is 9.59 Å². The van der Waals surface area contributed by atoms with Gasteiger partial charge in [-0.15, -0.1) is 0 Å². The van der Waals surface area contributed by atoms with Crippen molar-refractivity contribution >= 4 is 29.2 Å². The molecule has 0 fully saturated rings. The summed E-state index contributed by atoms with van der Waals surface area (Å²) in [5.41, 5.74) is 0.351. The number of hydrogen-bond donors (Lipinski definition) is 2. The second-order valence-electron chi connectivity index (χ2n) is 3.22. The van der Waals surface area contributed by atoms with Crippen molar-refractivity contribution in [1.82, 2.24) is 0 Å². The summed E-state index contributed by atoms with van der Waals surface area (Å²) in [5.74, 6) is -1.46. The van der Waals surface area contributed by atoms with Crippen molar-refractivity contribution in [3.05, 3.63) is 28.8 Å². The van der Waals surface area contributed by atoms with Gasteiger partial charge in [0, 0.05) is 17.3 Å². The Morgan fingerprint density at radius 1 is 1.41 bits per heavy atom. The number of carbonyl (C=O) groups excluding carboxylic acids is 1. The van der Waals surface area contributed by atoms with Gasteiger partial charge in [0.15, 0.2) is 0 Å². The standard InChI is InChI=1S/C11H12ClNO4/c1-2-17-6-10(14)13-9-4-7(11(15)16)3-8(12)5-9/h3-5H,2,6H2,1H3,(H,13,14)(H,15,16). The van der Waals surface area contributed by atoms with E-state index in [1.807, 2.05) is 0 Å². The molecule has 0 aliphatic heterocycles. The van der Waals surface area contributed by atoms with Crippen LogP contribution in [0.25, 0.3) is 0 Å². The van der Waals surface area contributed by atoms with Crippen LogP contribution in [0.2, 0.25) is 5.02 Å². The summed E-state index contributed by atoms with van der Waals surface area (Å²) >= 11 is 5.74. The van der Waals surface area contributed by atoms with Gasteiger partial charge in [-0.3, -0.25) is 4.79 Å². The minimum atomic E-state index is -1.10. The molecule has 6 heteroatoms. The monoisotopic (exact) mass is 257 g/mol. The van der Waals surface area contributed by atoms with E-state index >= 15 is 0 Å². The number of ether oxygens (including phenoxy) is 1. The molecule has 1 amide bonds. The molecule has 0 bridgehead atoms. The van der Waals surface area contributed by atoms with Crippen LogP contribution in [0, 0.1) is 0 Å². The summed E-state index contributed by atoms with van der Waals surface area (Å²) in [7, 11) is 0. The van der Waals surface area contributed by atoms with E-state index in [1.54, 1.807) is 6.92 Å². The zero-order valence-electron chi connectivity index (χ0n) is 9.20. The van der Waals surface area contributed by atoms with Crippen molar-refractivity contribution in [1.29, 1.82) is 0 Å². The zero-order chi connectivity index (χ0) is 12.8. The van der Waals surface area contributed by atoms with Crippen molar-refractivity contribution in [3.63, 3.8) is 0 Å². The van der Waals surface area contributed by atoms with Gasteiger partial charge >= 0.3 is 5.97 Å². The largest absolute Gasteiger partial charge is 0.478 e. The molecule has 0 aliphatic rings. The fraction of sp³-hybridized carbons (Fsp3) is 0.273. The first-order chi connectivity index (χ1) is 8.02. The molecule has 0 heterocycles. The highest BCUT2D eigenvalue weighted by molar-refractivity contribution is 6.31. The molecule has 0 aliphatic carbocycles.